The molecular weight excluding hydrogens is 614 g/mol. The number of hydrogen-bond acceptors (Lipinski definition) is 10. The number of Topliss-reactive ketones (excluding diaryl/α,β-unsaturated/α-hetero) is 1. The Bertz CT molecular complexity index is 2030. The smallest absolute Gasteiger partial charge is 0.268 e. The number of carbonyl (C=O) groups excluding carboxylic acids is 2. The van der Waals surface area contributed by atoms with Crippen LogP contribution in [-0.4, -0.2) is 80.4 Å². The minimum Gasteiger partial charge on any atom is -0.493 e. The van der Waals surface area contributed by atoms with Crippen LogP contribution in [0.2, 0.25) is 0 Å². The van der Waals surface area contributed by atoms with E-state index in [9.17, 15) is 14.4 Å². The molecule has 5 aromatic rings. The van der Waals surface area contributed by atoms with Gasteiger partial charge in [-0.3, -0.25) is 33.5 Å². The average molecular weight is 650 g/mol. The second kappa shape index (κ2) is 13.8. The summed E-state index contributed by atoms with van der Waals surface area (Å²) in [5.74, 6) is 1.23. The molecule has 1 aliphatic heterocycles. The van der Waals surface area contributed by atoms with Crippen LogP contribution < -0.4 is 20.3 Å². The number of aryl methyl sites for hydroxylation is 1. The van der Waals surface area contributed by atoms with Gasteiger partial charge in [0.1, 0.15) is 28.6 Å². The van der Waals surface area contributed by atoms with Crippen molar-refractivity contribution in [2.24, 2.45) is 7.05 Å². The molecule has 1 aromatic carbocycles. The average Bonchev–Trinajstić information content (AvgIpc) is 3.53. The van der Waals surface area contributed by atoms with Crippen molar-refractivity contribution in [3.05, 3.63) is 94.4 Å². The monoisotopic (exact) mass is 649 g/mol. The topological polar surface area (TPSA) is 143 Å². The zero-order valence-electron chi connectivity index (χ0n) is 26.6. The van der Waals surface area contributed by atoms with Gasteiger partial charge < -0.3 is 19.5 Å². The molecule has 0 radical (unpaired) electrons. The Morgan fingerprint density at radius 1 is 1.00 bits per heavy atom. The predicted molar refractivity (Wildman–Crippen MR) is 177 cm³/mol. The van der Waals surface area contributed by atoms with Gasteiger partial charge in [-0.1, -0.05) is 0 Å². The molecule has 1 N–H and O–H groups in total. The number of hydrogen-bond donors (Lipinski definition) is 1. The Morgan fingerprint density at radius 2 is 1.85 bits per heavy atom. The third-order valence-electron chi connectivity index (χ3n) is 8.49. The summed E-state index contributed by atoms with van der Waals surface area (Å²) in [4.78, 5) is 51.0. The lowest BCUT2D eigenvalue weighted by Crippen LogP contribution is -2.37. The van der Waals surface area contributed by atoms with E-state index in [0.717, 1.165) is 55.9 Å². The zero-order valence-corrected chi connectivity index (χ0v) is 26.6. The van der Waals surface area contributed by atoms with E-state index in [1.165, 1.54) is 23.0 Å². The predicted octanol–water partition coefficient (Wildman–Crippen LogP) is 4.18. The van der Waals surface area contributed by atoms with Crippen molar-refractivity contribution in [3.63, 3.8) is 0 Å². The summed E-state index contributed by atoms with van der Waals surface area (Å²) < 4.78 is 20.5. The maximum absolute atomic E-state index is 13.6. The third-order valence-corrected chi connectivity index (χ3v) is 8.49. The second-order valence-corrected chi connectivity index (χ2v) is 11.8. The fraction of sp³-hybridized carbons (Fsp3) is 0.314. The molecule has 1 amide bonds. The van der Waals surface area contributed by atoms with E-state index in [4.69, 9.17) is 14.2 Å². The highest BCUT2D eigenvalue weighted by Gasteiger charge is 2.27. The van der Waals surface area contributed by atoms with Crippen molar-refractivity contribution < 1.29 is 23.8 Å². The number of rotatable bonds is 10. The number of amides is 1. The molecule has 4 aromatic heterocycles. The number of ether oxygens (including phenoxy) is 3. The van der Waals surface area contributed by atoms with Crippen molar-refractivity contribution in [2.75, 3.05) is 44.8 Å². The minimum absolute atomic E-state index is 0.102. The van der Waals surface area contributed by atoms with Crippen molar-refractivity contribution in [1.29, 1.82) is 0 Å². The number of morpholine rings is 1. The summed E-state index contributed by atoms with van der Waals surface area (Å²) in [7, 11) is 1.74. The van der Waals surface area contributed by atoms with Crippen LogP contribution in [-0.2, 0) is 18.2 Å². The summed E-state index contributed by atoms with van der Waals surface area (Å²) in [6, 6.07) is 12.1. The van der Waals surface area contributed by atoms with E-state index in [1.807, 2.05) is 18.2 Å². The number of ketones is 1. The largest absolute Gasteiger partial charge is 0.493 e. The van der Waals surface area contributed by atoms with Crippen LogP contribution >= 0.6 is 0 Å². The highest BCUT2D eigenvalue weighted by molar-refractivity contribution is 6.06. The quantitative estimate of drug-likeness (QED) is 0.219. The molecule has 2 aliphatic rings. The van der Waals surface area contributed by atoms with Crippen molar-refractivity contribution >= 4 is 28.4 Å². The van der Waals surface area contributed by atoms with Crippen LogP contribution in [0.5, 0.6) is 17.2 Å². The lowest BCUT2D eigenvalue weighted by molar-refractivity contribution is 0.0358. The number of anilines is 1. The Balaban J connectivity index is 1.03. The van der Waals surface area contributed by atoms with Crippen LogP contribution in [0.1, 0.15) is 45.7 Å². The van der Waals surface area contributed by atoms with E-state index in [-0.39, 0.29) is 17.2 Å². The Hall–Kier alpha value is -5.40. The Morgan fingerprint density at radius 3 is 2.65 bits per heavy atom. The van der Waals surface area contributed by atoms with Gasteiger partial charge in [0.05, 0.1) is 43.4 Å². The number of benzene rings is 1. The van der Waals surface area contributed by atoms with Crippen LogP contribution in [0, 0.1) is 0 Å². The molecule has 0 spiro atoms. The number of carbonyl (C=O) groups is 2. The van der Waals surface area contributed by atoms with E-state index < -0.39 is 11.5 Å². The first-order valence-electron chi connectivity index (χ1n) is 16.0. The Kier molecular flexibility index (Phi) is 8.95. The van der Waals surface area contributed by atoms with E-state index in [2.05, 4.69) is 25.3 Å². The molecule has 13 heteroatoms. The van der Waals surface area contributed by atoms with Gasteiger partial charge in [-0.25, -0.2) is 4.98 Å². The molecule has 246 valence electrons. The van der Waals surface area contributed by atoms with Gasteiger partial charge in [0, 0.05) is 68.2 Å². The second-order valence-electron chi connectivity index (χ2n) is 11.8. The van der Waals surface area contributed by atoms with Gasteiger partial charge in [-0.15, -0.1) is 0 Å². The van der Waals surface area contributed by atoms with E-state index in [0.29, 0.717) is 54.3 Å². The van der Waals surface area contributed by atoms with Crippen LogP contribution in [0.3, 0.4) is 0 Å². The van der Waals surface area contributed by atoms with Crippen LogP contribution in [0.4, 0.5) is 5.82 Å². The molecule has 0 saturated carbocycles. The molecule has 0 unspecified atom stereocenters. The first kappa shape index (κ1) is 31.2. The molecule has 13 nitrogen and oxygen atoms in total. The molecular formula is C35H35N7O6. The SMILES string of the molecule is Cn1cc(-n2c3c(cc(C(=O)Nc4ccc(Oc5ccnc6cc(OCCCN7CCOCC7)ccc56)cn4)c2=O)C(=O)CCC3)cn1. The summed E-state index contributed by atoms with van der Waals surface area (Å²) in [5.41, 5.74) is 1.51. The summed E-state index contributed by atoms with van der Waals surface area (Å²) in [6.45, 7) is 5.08. The lowest BCUT2D eigenvalue weighted by Gasteiger charge is -2.26. The van der Waals surface area contributed by atoms with Gasteiger partial charge in [-0.2, -0.15) is 5.10 Å². The third kappa shape index (κ3) is 6.68. The number of nitrogens with one attached hydrogen (secondary N) is 1. The highest BCUT2D eigenvalue weighted by atomic mass is 16.5. The van der Waals surface area contributed by atoms with Gasteiger partial charge in [0.15, 0.2) is 5.78 Å². The molecule has 1 aliphatic carbocycles. The number of pyridine rings is 3. The van der Waals surface area contributed by atoms with Gasteiger partial charge >= 0.3 is 0 Å². The van der Waals surface area contributed by atoms with Crippen molar-refractivity contribution in [1.82, 2.24) is 29.2 Å². The normalized spacial score (nSPS) is 14.9. The van der Waals surface area contributed by atoms with Crippen molar-refractivity contribution in [2.45, 2.75) is 25.7 Å². The molecule has 0 bridgehead atoms. The van der Waals surface area contributed by atoms with Gasteiger partial charge in [-0.05, 0) is 55.7 Å². The molecule has 48 heavy (non-hydrogen) atoms. The number of nitrogens with zero attached hydrogens (tertiary/aromatic N) is 6. The highest BCUT2D eigenvalue weighted by Crippen LogP contribution is 2.31. The van der Waals surface area contributed by atoms with Gasteiger partial charge in [0.2, 0.25) is 0 Å². The van der Waals surface area contributed by atoms with Gasteiger partial charge in [0.25, 0.3) is 11.5 Å². The van der Waals surface area contributed by atoms with Crippen molar-refractivity contribution in [3.8, 4) is 22.9 Å². The Labute approximate surface area is 276 Å². The summed E-state index contributed by atoms with van der Waals surface area (Å²) >= 11 is 0. The molecule has 0 atom stereocenters. The molecule has 5 heterocycles. The molecule has 1 saturated heterocycles. The number of fused-ring (bicyclic) bond motifs is 2. The fourth-order valence-electron chi connectivity index (χ4n) is 6.06. The first-order valence-corrected chi connectivity index (χ1v) is 16.0. The lowest BCUT2D eigenvalue weighted by atomic mass is 9.93. The number of aromatic nitrogens is 5. The van der Waals surface area contributed by atoms with Crippen LogP contribution in [0.25, 0.3) is 16.6 Å². The fourth-order valence-corrected chi connectivity index (χ4v) is 6.06. The summed E-state index contributed by atoms with van der Waals surface area (Å²) in [5, 5.41) is 7.66. The first-order chi connectivity index (χ1) is 23.4. The summed E-state index contributed by atoms with van der Waals surface area (Å²) in [6.07, 6.45) is 8.84. The standard InChI is InChI=1S/C35H35N7O6/c1-40-22-23(20-38-40)42-30-4-2-5-31(43)27(30)19-28(35(42)45)34(44)39-33-9-7-25(21-37-33)48-32-10-11-36-29-18-24(6-8-26(29)32)47-15-3-12-41-13-16-46-17-14-41/h6-11,18-22H,2-5,12-17H2,1H3,(H,37,39,44). The maximum Gasteiger partial charge on any atom is 0.268 e. The molecule has 7 rings (SSSR count). The van der Waals surface area contributed by atoms with E-state index in [1.54, 1.807) is 42.3 Å². The van der Waals surface area contributed by atoms with Crippen LogP contribution in [0.15, 0.2) is 72.0 Å². The maximum atomic E-state index is 13.6. The molecule has 1 fully saturated rings. The zero-order chi connectivity index (χ0) is 33.0. The minimum atomic E-state index is -0.667. The van der Waals surface area contributed by atoms with E-state index >= 15 is 0 Å².